The lowest BCUT2D eigenvalue weighted by Crippen LogP contribution is -2.32. The highest BCUT2D eigenvalue weighted by Gasteiger charge is 2.22. The number of likely N-dealkylation sites (tertiary alicyclic amines) is 1. The molecule has 2 rings (SSSR count). The zero-order valence-electron chi connectivity index (χ0n) is 12.4. The van der Waals surface area contributed by atoms with Crippen molar-refractivity contribution in [2.75, 3.05) is 31.2 Å². The van der Waals surface area contributed by atoms with Crippen LogP contribution in [0.5, 0.6) is 0 Å². The van der Waals surface area contributed by atoms with E-state index in [1.165, 1.54) is 19.4 Å². The molecule has 0 aliphatic carbocycles. The number of nitrogens with zero attached hydrogens (tertiary/aromatic N) is 3. The van der Waals surface area contributed by atoms with E-state index in [9.17, 15) is 0 Å². The van der Waals surface area contributed by atoms with Crippen molar-refractivity contribution < 1.29 is 0 Å². The molecule has 19 heavy (non-hydrogen) atoms. The Bertz CT molecular complexity index is 438. The molecule has 2 heterocycles. The number of nitrogens with one attached hydrogen (secondary N) is 1. The summed E-state index contributed by atoms with van der Waals surface area (Å²) in [6, 6.07) is 2.40. The predicted octanol–water partition coefficient (Wildman–Crippen LogP) is 1.86. The average Bonchev–Trinajstić information content (AvgIpc) is 2.70. The fourth-order valence-electron chi connectivity index (χ4n) is 2.35. The third-order valence-electron chi connectivity index (χ3n) is 3.61. The van der Waals surface area contributed by atoms with Crippen LogP contribution in [0.25, 0.3) is 0 Å². The SMILES string of the molecule is CN1CCCC1CNc1cc(N)nc(C(C)(C)C)n1. The molecule has 1 atom stereocenters. The van der Waals surface area contributed by atoms with Crippen molar-refractivity contribution in [1.82, 2.24) is 14.9 Å². The van der Waals surface area contributed by atoms with Gasteiger partial charge in [-0.25, -0.2) is 9.97 Å². The minimum absolute atomic E-state index is 0.0873. The Labute approximate surface area is 115 Å². The van der Waals surface area contributed by atoms with Gasteiger partial charge >= 0.3 is 0 Å². The number of nitrogens with two attached hydrogens (primary N) is 1. The second-order valence-electron chi connectivity index (χ2n) is 6.41. The largest absolute Gasteiger partial charge is 0.384 e. The summed E-state index contributed by atoms with van der Waals surface area (Å²) in [5.74, 6) is 2.15. The molecule has 0 amide bonds. The fourth-order valence-corrected chi connectivity index (χ4v) is 2.35. The lowest BCUT2D eigenvalue weighted by Gasteiger charge is -2.21. The molecule has 1 saturated heterocycles. The first-order valence-electron chi connectivity index (χ1n) is 6.95. The van der Waals surface area contributed by atoms with Crippen LogP contribution in [0.15, 0.2) is 6.07 Å². The van der Waals surface area contributed by atoms with Crippen LogP contribution in [0.4, 0.5) is 11.6 Å². The predicted molar refractivity (Wildman–Crippen MR) is 79.3 cm³/mol. The minimum Gasteiger partial charge on any atom is -0.384 e. The summed E-state index contributed by atoms with van der Waals surface area (Å²) in [6.45, 7) is 8.38. The molecular formula is C14H25N5. The Hall–Kier alpha value is -1.36. The molecule has 1 aliphatic heterocycles. The molecule has 0 aromatic carbocycles. The van der Waals surface area contributed by atoms with E-state index in [0.717, 1.165) is 18.2 Å². The summed E-state index contributed by atoms with van der Waals surface area (Å²) in [4.78, 5) is 11.3. The van der Waals surface area contributed by atoms with Crippen molar-refractivity contribution in [2.45, 2.75) is 45.1 Å². The van der Waals surface area contributed by atoms with Gasteiger partial charge in [0.15, 0.2) is 0 Å². The van der Waals surface area contributed by atoms with Crippen molar-refractivity contribution in [1.29, 1.82) is 0 Å². The lowest BCUT2D eigenvalue weighted by molar-refractivity contribution is 0.322. The van der Waals surface area contributed by atoms with Gasteiger partial charge in [-0.15, -0.1) is 0 Å². The van der Waals surface area contributed by atoms with Gasteiger partial charge < -0.3 is 16.0 Å². The molecule has 3 N–H and O–H groups in total. The van der Waals surface area contributed by atoms with Gasteiger partial charge in [0.05, 0.1) is 0 Å². The van der Waals surface area contributed by atoms with Gasteiger partial charge in [-0.2, -0.15) is 0 Å². The van der Waals surface area contributed by atoms with E-state index in [0.29, 0.717) is 11.9 Å². The molecule has 1 aliphatic rings. The number of nitrogen functional groups attached to an aromatic ring is 1. The molecule has 1 aromatic heterocycles. The van der Waals surface area contributed by atoms with Crippen LogP contribution in [0.2, 0.25) is 0 Å². The second-order valence-corrected chi connectivity index (χ2v) is 6.41. The van der Waals surface area contributed by atoms with E-state index < -0.39 is 0 Å². The van der Waals surface area contributed by atoms with Crippen LogP contribution in [-0.2, 0) is 5.41 Å². The van der Waals surface area contributed by atoms with Crippen LogP contribution < -0.4 is 11.1 Å². The Balaban J connectivity index is 2.06. The Morgan fingerprint density at radius 2 is 2.16 bits per heavy atom. The average molecular weight is 263 g/mol. The van der Waals surface area contributed by atoms with Crippen LogP contribution in [0.1, 0.15) is 39.4 Å². The van der Waals surface area contributed by atoms with Gasteiger partial charge in [0.25, 0.3) is 0 Å². The summed E-state index contributed by atoms with van der Waals surface area (Å²) in [5, 5.41) is 3.40. The maximum Gasteiger partial charge on any atom is 0.138 e. The highest BCUT2D eigenvalue weighted by Crippen LogP contribution is 2.22. The van der Waals surface area contributed by atoms with Gasteiger partial charge in [-0.1, -0.05) is 20.8 Å². The smallest absolute Gasteiger partial charge is 0.138 e. The topological polar surface area (TPSA) is 67.1 Å². The number of hydrogen-bond donors (Lipinski definition) is 2. The summed E-state index contributed by atoms with van der Waals surface area (Å²) in [7, 11) is 2.17. The Kier molecular flexibility index (Phi) is 3.94. The Morgan fingerprint density at radius 3 is 2.74 bits per heavy atom. The molecule has 0 bridgehead atoms. The van der Waals surface area contributed by atoms with Crippen LogP contribution in [0.3, 0.4) is 0 Å². The van der Waals surface area contributed by atoms with E-state index in [1.807, 2.05) is 6.07 Å². The zero-order valence-corrected chi connectivity index (χ0v) is 12.4. The number of hydrogen-bond acceptors (Lipinski definition) is 5. The summed E-state index contributed by atoms with van der Waals surface area (Å²) >= 11 is 0. The summed E-state index contributed by atoms with van der Waals surface area (Å²) < 4.78 is 0. The maximum atomic E-state index is 5.87. The Morgan fingerprint density at radius 1 is 1.42 bits per heavy atom. The van der Waals surface area contributed by atoms with Crippen molar-refractivity contribution in [3.63, 3.8) is 0 Å². The normalized spacial score (nSPS) is 20.7. The first-order valence-corrected chi connectivity index (χ1v) is 6.95. The number of anilines is 2. The number of aromatic nitrogens is 2. The van der Waals surface area contributed by atoms with E-state index in [-0.39, 0.29) is 5.41 Å². The van der Waals surface area contributed by atoms with E-state index in [2.05, 4.69) is 48.0 Å². The monoisotopic (exact) mass is 263 g/mol. The van der Waals surface area contributed by atoms with Crippen molar-refractivity contribution >= 4 is 11.6 Å². The lowest BCUT2D eigenvalue weighted by atomic mass is 9.96. The highest BCUT2D eigenvalue weighted by atomic mass is 15.2. The van der Waals surface area contributed by atoms with Crippen LogP contribution in [-0.4, -0.2) is 41.0 Å². The van der Waals surface area contributed by atoms with Crippen LogP contribution >= 0.6 is 0 Å². The van der Waals surface area contributed by atoms with Gasteiger partial charge in [-0.05, 0) is 26.4 Å². The number of rotatable bonds is 3. The number of likely N-dealkylation sites (N-methyl/N-ethyl adjacent to an activating group) is 1. The van der Waals surface area contributed by atoms with Crippen molar-refractivity contribution in [2.24, 2.45) is 0 Å². The van der Waals surface area contributed by atoms with E-state index in [1.54, 1.807) is 0 Å². The van der Waals surface area contributed by atoms with E-state index >= 15 is 0 Å². The quantitative estimate of drug-likeness (QED) is 0.871. The van der Waals surface area contributed by atoms with Gasteiger partial charge in [-0.3, -0.25) is 0 Å². The van der Waals surface area contributed by atoms with Crippen molar-refractivity contribution in [3.05, 3.63) is 11.9 Å². The molecule has 106 valence electrons. The minimum atomic E-state index is -0.0873. The summed E-state index contributed by atoms with van der Waals surface area (Å²) in [5.41, 5.74) is 5.78. The molecule has 1 unspecified atom stereocenters. The van der Waals surface area contributed by atoms with Crippen LogP contribution in [0, 0.1) is 0 Å². The highest BCUT2D eigenvalue weighted by molar-refractivity contribution is 5.45. The standard InChI is InChI=1S/C14H25N5/c1-14(2,3)13-17-11(15)8-12(18-13)16-9-10-6-5-7-19(10)4/h8,10H,5-7,9H2,1-4H3,(H3,15,16,17,18). The first-order chi connectivity index (χ1) is 8.86. The third kappa shape index (κ3) is 3.56. The molecule has 0 saturated carbocycles. The van der Waals surface area contributed by atoms with Crippen molar-refractivity contribution in [3.8, 4) is 0 Å². The molecule has 0 radical (unpaired) electrons. The zero-order chi connectivity index (χ0) is 14.0. The molecule has 5 nitrogen and oxygen atoms in total. The first kappa shape index (κ1) is 14.1. The van der Waals surface area contributed by atoms with Gasteiger partial charge in [0.1, 0.15) is 17.5 Å². The molecule has 5 heteroatoms. The van der Waals surface area contributed by atoms with E-state index in [4.69, 9.17) is 5.73 Å². The molecule has 1 aromatic rings. The summed E-state index contributed by atoms with van der Waals surface area (Å²) in [6.07, 6.45) is 2.53. The maximum absolute atomic E-state index is 5.87. The molecule has 0 spiro atoms. The van der Waals surface area contributed by atoms with Gasteiger partial charge in [0.2, 0.25) is 0 Å². The second kappa shape index (κ2) is 5.33. The fraction of sp³-hybridized carbons (Fsp3) is 0.714. The molecule has 1 fully saturated rings. The third-order valence-corrected chi connectivity index (χ3v) is 3.61. The van der Waals surface area contributed by atoms with Gasteiger partial charge in [0, 0.05) is 24.1 Å². The molecular weight excluding hydrogens is 238 g/mol.